The number of hydrogen-bond acceptors (Lipinski definition) is 4. The van der Waals surface area contributed by atoms with Crippen LogP contribution in [0.25, 0.3) is 0 Å². The molecule has 0 bridgehead atoms. The largest absolute Gasteiger partial charge is 0.508 e. The van der Waals surface area contributed by atoms with Crippen molar-refractivity contribution in [1.29, 1.82) is 0 Å². The number of carboxylic acid groups (broad SMARTS) is 1. The zero-order chi connectivity index (χ0) is 13.5. The van der Waals surface area contributed by atoms with E-state index in [0.29, 0.717) is 0 Å². The van der Waals surface area contributed by atoms with Gasteiger partial charge in [0.25, 0.3) is 0 Å². The van der Waals surface area contributed by atoms with E-state index in [1.165, 1.54) is 12.1 Å². The molecule has 1 rings (SSSR count). The molecule has 0 radical (unpaired) electrons. The van der Waals surface area contributed by atoms with E-state index < -0.39 is 12.0 Å². The highest BCUT2D eigenvalue weighted by molar-refractivity contribution is 5.84. The number of nitrogens with one attached hydrogen (secondary N) is 2. The van der Waals surface area contributed by atoms with Crippen molar-refractivity contribution in [2.45, 2.75) is 12.5 Å². The third-order valence-electron chi connectivity index (χ3n) is 2.35. The summed E-state index contributed by atoms with van der Waals surface area (Å²) in [5.41, 5.74) is 0.727. The molecule has 1 atom stereocenters. The minimum absolute atomic E-state index is 0.0688. The lowest BCUT2D eigenvalue weighted by Gasteiger charge is -2.14. The van der Waals surface area contributed by atoms with Crippen LogP contribution in [0, 0.1) is 0 Å². The molecule has 1 aromatic carbocycles. The predicted molar refractivity (Wildman–Crippen MR) is 65.3 cm³/mol. The number of hydrogen-bond donors (Lipinski definition) is 4. The van der Waals surface area contributed by atoms with Gasteiger partial charge in [-0.1, -0.05) is 12.1 Å². The molecule has 6 nitrogen and oxygen atoms in total. The summed E-state index contributed by atoms with van der Waals surface area (Å²) in [4.78, 5) is 22.4. The second-order valence-electron chi connectivity index (χ2n) is 3.86. The SMILES string of the molecule is CNCC(=O)N[C@H](Cc1ccc(O)cc1)C(=O)O. The van der Waals surface area contributed by atoms with Crippen LogP contribution in [0.2, 0.25) is 0 Å². The van der Waals surface area contributed by atoms with Crippen LogP contribution >= 0.6 is 0 Å². The molecular formula is C12H16N2O4. The fourth-order valence-electron chi connectivity index (χ4n) is 1.47. The van der Waals surface area contributed by atoms with Gasteiger partial charge >= 0.3 is 5.97 Å². The van der Waals surface area contributed by atoms with Gasteiger partial charge in [0, 0.05) is 6.42 Å². The minimum atomic E-state index is -1.09. The van der Waals surface area contributed by atoms with Gasteiger partial charge in [-0.2, -0.15) is 0 Å². The summed E-state index contributed by atoms with van der Waals surface area (Å²) in [5.74, 6) is -1.35. The minimum Gasteiger partial charge on any atom is -0.508 e. The van der Waals surface area contributed by atoms with Crippen molar-refractivity contribution >= 4 is 11.9 Å². The number of amides is 1. The van der Waals surface area contributed by atoms with E-state index >= 15 is 0 Å². The van der Waals surface area contributed by atoms with Crippen LogP contribution in [0.15, 0.2) is 24.3 Å². The highest BCUT2D eigenvalue weighted by Gasteiger charge is 2.19. The molecule has 1 amide bonds. The fourth-order valence-corrected chi connectivity index (χ4v) is 1.47. The molecule has 6 heteroatoms. The Bertz CT molecular complexity index is 417. The predicted octanol–water partition coefficient (Wildman–Crippen LogP) is -0.277. The maximum absolute atomic E-state index is 11.3. The molecule has 0 aliphatic heterocycles. The summed E-state index contributed by atoms with van der Waals surface area (Å²) >= 11 is 0. The van der Waals surface area contributed by atoms with Gasteiger partial charge in [0.1, 0.15) is 11.8 Å². The third kappa shape index (κ3) is 4.42. The second kappa shape index (κ2) is 6.61. The van der Waals surface area contributed by atoms with Gasteiger partial charge in [0.2, 0.25) is 5.91 Å². The Hall–Kier alpha value is -2.08. The molecule has 0 saturated heterocycles. The van der Waals surface area contributed by atoms with Gasteiger partial charge in [-0.3, -0.25) is 4.79 Å². The van der Waals surface area contributed by atoms with Gasteiger partial charge in [-0.05, 0) is 24.7 Å². The van der Waals surface area contributed by atoms with E-state index in [9.17, 15) is 9.59 Å². The normalized spacial score (nSPS) is 11.8. The lowest BCUT2D eigenvalue weighted by Crippen LogP contribution is -2.45. The number of carbonyl (C=O) groups is 2. The van der Waals surface area contributed by atoms with E-state index in [2.05, 4.69) is 10.6 Å². The number of rotatable bonds is 6. The third-order valence-corrected chi connectivity index (χ3v) is 2.35. The Morgan fingerprint density at radius 3 is 2.39 bits per heavy atom. The first-order chi connectivity index (χ1) is 8.52. The lowest BCUT2D eigenvalue weighted by atomic mass is 10.1. The zero-order valence-corrected chi connectivity index (χ0v) is 10.0. The van der Waals surface area contributed by atoms with Gasteiger partial charge in [-0.25, -0.2) is 4.79 Å². The first-order valence-electron chi connectivity index (χ1n) is 5.47. The fraction of sp³-hybridized carbons (Fsp3) is 0.333. The number of phenolic OH excluding ortho intramolecular Hbond substituents is 1. The number of carbonyl (C=O) groups excluding carboxylic acids is 1. The van der Waals surface area contributed by atoms with E-state index in [1.54, 1.807) is 19.2 Å². The number of benzene rings is 1. The van der Waals surface area contributed by atoms with Crippen molar-refractivity contribution in [3.63, 3.8) is 0 Å². The van der Waals surface area contributed by atoms with Crippen molar-refractivity contribution < 1.29 is 19.8 Å². The molecule has 0 heterocycles. The quantitative estimate of drug-likeness (QED) is 0.558. The number of aliphatic carboxylic acids is 1. The average molecular weight is 252 g/mol. The first-order valence-corrected chi connectivity index (χ1v) is 5.47. The molecule has 4 N–H and O–H groups in total. The van der Waals surface area contributed by atoms with Crippen LogP contribution in [0.5, 0.6) is 5.75 Å². The van der Waals surface area contributed by atoms with Crippen LogP contribution in [0.4, 0.5) is 0 Å². The van der Waals surface area contributed by atoms with Crippen LogP contribution < -0.4 is 10.6 Å². The molecule has 0 aliphatic rings. The van der Waals surface area contributed by atoms with Crippen molar-refractivity contribution in [2.75, 3.05) is 13.6 Å². The van der Waals surface area contributed by atoms with E-state index in [-0.39, 0.29) is 24.6 Å². The monoisotopic (exact) mass is 252 g/mol. The highest BCUT2D eigenvalue weighted by Crippen LogP contribution is 2.11. The Morgan fingerprint density at radius 2 is 1.89 bits per heavy atom. The molecular weight excluding hydrogens is 236 g/mol. The molecule has 0 aliphatic carbocycles. The van der Waals surface area contributed by atoms with Crippen molar-refractivity contribution in [1.82, 2.24) is 10.6 Å². The summed E-state index contributed by atoms with van der Waals surface area (Å²) < 4.78 is 0. The number of carboxylic acids is 1. The summed E-state index contributed by atoms with van der Waals surface area (Å²) in [6.07, 6.45) is 0.172. The summed E-state index contributed by atoms with van der Waals surface area (Å²) in [5, 5.41) is 23.2. The first kappa shape index (κ1) is 14.0. The summed E-state index contributed by atoms with van der Waals surface area (Å²) in [7, 11) is 1.61. The molecule has 0 spiro atoms. The van der Waals surface area contributed by atoms with Crippen molar-refractivity contribution in [3.8, 4) is 5.75 Å². The Balaban J connectivity index is 2.65. The Morgan fingerprint density at radius 1 is 1.28 bits per heavy atom. The molecule has 98 valence electrons. The number of aromatic hydroxyl groups is 1. The highest BCUT2D eigenvalue weighted by atomic mass is 16.4. The van der Waals surface area contributed by atoms with Crippen LogP contribution in [-0.4, -0.2) is 41.7 Å². The summed E-state index contributed by atoms with van der Waals surface area (Å²) in [6.45, 7) is 0.0688. The maximum Gasteiger partial charge on any atom is 0.326 e. The molecule has 0 aromatic heterocycles. The zero-order valence-electron chi connectivity index (χ0n) is 10.0. The van der Waals surface area contributed by atoms with Gasteiger partial charge in [-0.15, -0.1) is 0 Å². The van der Waals surface area contributed by atoms with Gasteiger partial charge in [0.15, 0.2) is 0 Å². The standard InChI is InChI=1S/C12H16N2O4/c1-13-7-11(16)14-10(12(17)18)6-8-2-4-9(15)5-3-8/h2-5,10,13,15H,6-7H2,1H3,(H,14,16)(H,17,18)/t10-/m1/s1. The Labute approximate surface area is 105 Å². The molecule has 0 unspecified atom stereocenters. The molecule has 0 fully saturated rings. The van der Waals surface area contributed by atoms with E-state index in [0.717, 1.165) is 5.56 Å². The number of phenols is 1. The van der Waals surface area contributed by atoms with Crippen molar-refractivity contribution in [2.24, 2.45) is 0 Å². The second-order valence-corrected chi connectivity index (χ2v) is 3.86. The van der Waals surface area contributed by atoms with Crippen LogP contribution in [0.1, 0.15) is 5.56 Å². The average Bonchev–Trinajstić information content (AvgIpc) is 2.31. The maximum atomic E-state index is 11.3. The summed E-state index contributed by atoms with van der Waals surface area (Å²) in [6, 6.07) is 5.22. The molecule has 0 saturated carbocycles. The van der Waals surface area contributed by atoms with Gasteiger partial charge < -0.3 is 20.8 Å². The molecule has 18 heavy (non-hydrogen) atoms. The van der Waals surface area contributed by atoms with Crippen LogP contribution in [0.3, 0.4) is 0 Å². The smallest absolute Gasteiger partial charge is 0.326 e. The molecule has 1 aromatic rings. The number of likely N-dealkylation sites (N-methyl/N-ethyl adjacent to an activating group) is 1. The Kier molecular flexibility index (Phi) is 5.13. The van der Waals surface area contributed by atoms with Crippen LogP contribution in [-0.2, 0) is 16.0 Å². The van der Waals surface area contributed by atoms with Gasteiger partial charge in [0.05, 0.1) is 6.54 Å². The topological polar surface area (TPSA) is 98.7 Å². The van der Waals surface area contributed by atoms with E-state index in [4.69, 9.17) is 10.2 Å². The van der Waals surface area contributed by atoms with E-state index in [1.807, 2.05) is 0 Å². The lowest BCUT2D eigenvalue weighted by molar-refractivity contribution is -0.141. The van der Waals surface area contributed by atoms with Crippen molar-refractivity contribution in [3.05, 3.63) is 29.8 Å².